The Labute approximate surface area is 102 Å². The maximum atomic E-state index is 8.62. The van der Waals surface area contributed by atoms with Gasteiger partial charge in [-0.25, -0.2) is 0 Å². The molecule has 1 aliphatic carbocycles. The van der Waals surface area contributed by atoms with Gasteiger partial charge in [0.1, 0.15) is 11.9 Å². The van der Waals surface area contributed by atoms with Crippen molar-refractivity contribution in [2.45, 2.75) is 33.1 Å². The normalized spacial score (nSPS) is 16.6. The molecule has 0 saturated heterocycles. The molecule has 0 amide bonds. The second-order valence-corrected chi connectivity index (χ2v) is 5.37. The molecule has 4 heteroatoms. The van der Waals surface area contributed by atoms with E-state index in [1.54, 1.807) is 6.07 Å². The monoisotopic (exact) mass is 230 g/mol. The minimum absolute atomic E-state index is 0.360. The molecule has 1 aromatic rings. The van der Waals surface area contributed by atoms with Gasteiger partial charge in [-0.15, -0.1) is 10.2 Å². The van der Waals surface area contributed by atoms with E-state index in [1.165, 1.54) is 19.3 Å². The van der Waals surface area contributed by atoms with Gasteiger partial charge in [0.15, 0.2) is 5.69 Å². The Morgan fingerprint density at radius 1 is 1.41 bits per heavy atom. The summed E-state index contributed by atoms with van der Waals surface area (Å²) in [6.45, 7) is 5.49. The average Bonchev–Trinajstić information content (AvgIpc) is 3.06. The highest BCUT2D eigenvalue weighted by Gasteiger charge is 2.42. The van der Waals surface area contributed by atoms with Crippen molar-refractivity contribution in [3.05, 3.63) is 17.8 Å². The fourth-order valence-electron chi connectivity index (χ4n) is 2.26. The molecule has 0 unspecified atom stereocenters. The SMILES string of the molecule is CC(C)CC1(CNc2ccc(C#N)nn2)CC1. The van der Waals surface area contributed by atoms with Crippen LogP contribution in [-0.4, -0.2) is 16.7 Å². The fraction of sp³-hybridized carbons (Fsp3) is 0.615. The Bertz CT molecular complexity index is 412. The molecule has 1 aliphatic rings. The number of nitriles is 1. The van der Waals surface area contributed by atoms with Gasteiger partial charge in [0, 0.05) is 6.54 Å². The van der Waals surface area contributed by atoms with Crippen molar-refractivity contribution in [2.24, 2.45) is 11.3 Å². The van der Waals surface area contributed by atoms with Crippen LogP contribution in [0, 0.1) is 22.7 Å². The molecule has 0 aromatic carbocycles. The molecule has 0 atom stereocenters. The molecular formula is C13H18N4. The van der Waals surface area contributed by atoms with Crippen LogP contribution in [-0.2, 0) is 0 Å². The van der Waals surface area contributed by atoms with E-state index in [9.17, 15) is 0 Å². The molecule has 1 saturated carbocycles. The summed E-state index contributed by atoms with van der Waals surface area (Å²) in [5, 5.41) is 19.7. The van der Waals surface area contributed by atoms with Crippen LogP contribution < -0.4 is 5.32 Å². The van der Waals surface area contributed by atoms with Crippen LogP contribution in [0.4, 0.5) is 5.82 Å². The van der Waals surface area contributed by atoms with Crippen molar-refractivity contribution in [3.8, 4) is 6.07 Å². The topological polar surface area (TPSA) is 61.6 Å². The second kappa shape index (κ2) is 4.70. The Morgan fingerprint density at radius 2 is 2.18 bits per heavy atom. The van der Waals surface area contributed by atoms with Crippen LogP contribution in [0.15, 0.2) is 12.1 Å². The summed E-state index contributed by atoms with van der Waals surface area (Å²) < 4.78 is 0. The van der Waals surface area contributed by atoms with E-state index in [0.717, 1.165) is 18.3 Å². The molecule has 4 nitrogen and oxygen atoms in total. The zero-order chi connectivity index (χ0) is 12.3. The quantitative estimate of drug-likeness (QED) is 0.844. The van der Waals surface area contributed by atoms with Crippen LogP contribution in [0.3, 0.4) is 0 Å². The first-order valence-electron chi connectivity index (χ1n) is 6.11. The average molecular weight is 230 g/mol. The highest BCUT2D eigenvalue weighted by Crippen LogP contribution is 2.50. The third kappa shape index (κ3) is 3.16. The van der Waals surface area contributed by atoms with Gasteiger partial charge >= 0.3 is 0 Å². The predicted molar refractivity (Wildman–Crippen MR) is 66.4 cm³/mol. The number of anilines is 1. The molecule has 0 bridgehead atoms. The second-order valence-electron chi connectivity index (χ2n) is 5.37. The van der Waals surface area contributed by atoms with E-state index >= 15 is 0 Å². The molecule has 1 N–H and O–H groups in total. The van der Waals surface area contributed by atoms with Crippen LogP contribution in [0.1, 0.15) is 38.8 Å². The summed E-state index contributed by atoms with van der Waals surface area (Å²) in [6, 6.07) is 5.47. The first kappa shape index (κ1) is 11.8. The van der Waals surface area contributed by atoms with Crippen LogP contribution >= 0.6 is 0 Å². The van der Waals surface area contributed by atoms with Crippen molar-refractivity contribution >= 4 is 5.82 Å². The largest absolute Gasteiger partial charge is 0.368 e. The van der Waals surface area contributed by atoms with Gasteiger partial charge in [-0.1, -0.05) is 13.8 Å². The number of hydrogen-bond acceptors (Lipinski definition) is 4. The fourth-order valence-corrected chi connectivity index (χ4v) is 2.26. The van der Waals surface area contributed by atoms with Gasteiger partial charge in [0.25, 0.3) is 0 Å². The number of rotatable bonds is 5. The smallest absolute Gasteiger partial charge is 0.163 e. The zero-order valence-electron chi connectivity index (χ0n) is 10.4. The first-order valence-corrected chi connectivity index (χ1v) is 6.11. The van der Waals surface area contributed by atoms with Gasteiger partial charge < -0.3 is 5.32 Å². The number of aromatic nitrogens is 2. The van der Waals surface area contributed by atoms with Crippen molar-refractivity contribution in [1.29, 1.82) is 5.26 Å². The van der Waals surface area contributed by atoms with Gasteiger partial charge in [-0.3, -0.25) is 0 Å². The summed E-state index contributed by atoms with van der Waals surface area (Å²) in [5.74, 6) is 1.50. The predicted octanol–water partition coefficient (Wildman–Crippen LogP) is 2.59. The summed E-state index contributed by atoms with van der Waals surface area (Å²) in [7, 11) is 0. The van der Waals surface area contributed by atoms with E-state index in [-0.39, 0.29) is 0 Å². The minimum Gasteiger partial charge on any atom is -0.368 e. The van der Waals surface area contributed by atoms with Crippen molar-refractivity contribution in [3.63, 3.8) is 0 Å². The van der Waals surface area contributed by atoms with Crippen LogP contribution in [0.25, 0.3) is 0 Å². The Hall–Kier alpha value is -1.63. The van der Waals surface area contributed by atoms with Gasteiger partial charge in [-0.05, 0) is 42.7 Å². The molecular weight excluding hydrogens is 212 g/mol. The lowest BCUT2D eigenvalue weighted by atomic mass is 9.94. The first-order chi connectivity index (χ1) is 8.13. The van der Waals surface area contributed by atoms with Crippen LogP contribution in [0.5, 0.6) is 0 Å². The molecule has 0 radical (unpaired) electrons. The van der Waals surface area contributed by atoms with Crippen molar-refractivity contribution in [2.75, 3.05) is 11.9 Å². The standard InChI is InChI=1S/C13H18N4/c1-10(2)7-13(5-6-13)9-15-12-4-3-11(8-14)16-17-12/h3-4,10H,5-7,9H2,1-2H3,(H,15,17). The lowest BCUT2D eigenvalue weighted by molar-refractivity contribution is 0.406. The van der Waals surface area contributed by atoms with E-state index in [1.807, 2.05) is 12.1 Å². The van der Waals surface area contributed by atoms with E-state index in [0.29, 0.717) is 11.1 Å². The number of hydrogen-bond donors (Lipinski definition) is 1. The Balaban J connectivity index is 1.87. The highest BCUT2D eigenvalue weighted by atomic mass is 15.2. The van der Waals surface area contributed by atoms with Gasteiger partial charge in [0.2, 0.25) is 0 Å². The van der Waals surface area contributed by atoms with Gasteiger partial charge in [0.05, 0.1) is 0 Å². The zero-order valence-corrected chi connectivity index (χ0v) is 10.4. The molecule has 2 rings (SSSR count). The number of nitrogens with one attached hydrogen (secondary N) is 1. The third-order valence-corrected chi connectivity index (χ3v) is 3.22. The van der Waals surface area contributed by atoms with Crippen molar-refractivity contribution in [1.82, 2.24) is 10.2 Å². The molecule has 0 aliphatic heterocycles. The lowest BCUT2D eigenvalue weighted by Gasteiger charge is -2.18. The highest BCUT2D eigenvalue weighted by molar-refractivity contribution is 5.35. The van der Waals surface area contributed by atoms with Crippen molar-refractivity contribution < 1.29 is 0 Å². The number of nitrogens with zero attached hydrogens (tertiary/aromatic N) is 3. The van der Waals surface area contributed by atoms with E-state index < -0.39 is 0 Å². The lowest BCUT2D eigenvalue weighted by Crippen LogP contribution is -2.18. The summed E-state index contributed by atoms with van der Waals surface area (Å²) in [5.41, 5.74) is 0.836. The van der Waals surface area contributed by atoms with E-state index in [2.05, 4.69) is 29.4 Å². The summed E-state index contributed by atoms with van der Waals surface area (Å²) in [4.78, 5) is 0. The van der Waals surface area contributed by atoms with E-state index in [4.69, 9.17) is 5.26 Å². The molecule has 1 heterocycles. The summed E-state index contributed by atoms with van der Waals surface area (Å²) in [6.07, 6.45) is 3.88. The van der Waals surface area contributed by atoms with Crippen LogP contribution in [0.2, 0.25) is 0 Å². The molecule has 1 fully saturated rings. The maximum absolute atomic E-state index is 8.62. The Kier molecular flexibility index (Phi) is 3.28. The molecule has 0 spiro atoms. The van der Waals surface area contributed by atoms with Gasteiger partial charge in [-0.2, -0.15) is 5.26 Å². The molecule has 90 valence electrons. The Morgan fingerprint density at radius 3 is 2.65 bits per heavy atom. The minimum atomic E-state index is 0.360. The third-order valence-electron chi connectivity index (χ3n) is 3.22. The maximum Gasteiger partial charge on any atom is 0.163 e. The molecule has 17 heavy (non-hydrogen) atoms. The summed E-state index contributed by atoms with van der Waals surface area (Å²) >= 11 is 0. The molecule has 1 aromatic heterocycles.